The number of amides is 1. The molecule has 126 valence electrons. The smallest absolute Gasteiger partial charge is 0.251 e. The number of hydrogen-bond acceptors (Lipinski definition) is 3. The van der Waals surface area contributed by atoms with Crippen molar-refractivity contribution in [2.75, 3.05) is 39.4 Å². The van der Waals surface area contributed by atoms with E-state index < -0.39 is 5.82 Å². The zero-order valence-electron chi connectivity index (χ0n) is 13.5. The summed E-state index contributed by atoms with van der Waals surface area (Å²) in [6, 6.07) is 13.9. The van der Waals surface area contributed by atoms with Crippen molar-refractivity contribution in [3.8, 4) is 11.1 Å². The van der Waals surface area contributed by atoms with Crippen molar-refractivity contribution in [1.82, 2.24) is 10.2 Å². The van der Waals surface area contributed by atoms with Crippen LogP contribution in [0.15, 0.2) is 48.5 Å². The van der Waals surface area contributed by atoms with E-state index in [1.807, 2.05) is 30.3 Å². The molecule has 0 aromatic heterocycles. The lowest BCUT2D eigenvalue weighted by molar-refractivity contribution is 0.0383. The topological polar surface area (TPSA) is 41.6 Å². The number of halogens is 1. The summed E-state index contributed by atoms with van der Waals surface area (Å²) < 4.78 is 19.2. The molecule has 5 heteroatoms. The van der Waals surface area contributed by atoms with Crippen LogP contribution in [0.2, 0.25) is 0 Å². The van der Waals surface area contributed by atoms with E-state index in [1.54, 1.807) is 6.07 Å². The molecule has 0 unspecified atom stereocenters. The summed E-state index contributed by atoms with van der Waals surface area (Å²) in [4.78, 5) is 14.5. The number of benzene rings is 2. The van der Waals surface area contributed by atoms with Gasteiger partial charge in [0.05, 0.1) is 13.2 Å². The molecular formula is C19H21FN2O2. The lowest BCUT2D eigenvalue weighted by atomic mass is 10.0. The highest BCUT2D eigenvalue weighted by molar-refractivity contribution is 5.95. The number of ether oxygens (including phenoxy) is 1. The quantitative estimate of drug-likeness (QED) is 0.917. The Morgan fingerprint density at radius 2 is 1.83 bits per heavy atom. The molecule has 2 aromatic carbocycles. The van der Waals surface area contributed by atoms with E-state index in [4.69, 9.17) is 4.74 Å². The fraction of sp³-hybridized carbons (Fsp3) is 0.316. The molecular weight excluding hydrogens is 307 g/mol. The van der Waals surface area contributed by atoms with Crippen LogP contribution in [-0.2, 0) is 4.74 Å². The molecule has 0 bridgehead atoms. The Balaban J connectivity index is 1.63. The average molecular weight is 328 g/mol. The average Bonchev–Trinajstić information content (AvgIpc) is 2.63. The molecule has 3 rings (SSSR count). The van der Waals surface area contributed by atoms with Crippen molar-refractivity contribution < 1.29 is 13.9 Å². The third kappa shape index (κ3) is 4.40. The van der Waals surface area contributed by atoms with Crippen molar-refractivity contribution in [3.05, 3.63) is 59.9 Å². The maximum absolute atomic E-state index is 13.9. The first-order valence-electron chi connectivity index (χ1n) is 8.17. The molecule has 0 radical (unpaired) electrons. The predicted molar refractivity (Wildman–Crippen MR) is 91.4 cm³/mol. The molecule has 0 aliphatic carbocycles. The standard InChI is InChI=1S/C19H21FN2O2/c20-18-13-16(15-4-2-1-3-5-15)12-17(14-18)19(23)21-6-7-22-8-10-24-11-9-22/h1-5,12-14H,6-11H2,(H,21,23). The maximum atomic E-state index is 13.9. The van der Waals surface area contributed by atoms with Crippen molar-refractivity contribution in [2.24, 2.45) is 0 Å². The molecule has 0 spiro atoms. The summed E-state index contributed by atoms with van der Waals surface area (Å²) in [6.07, 6.45) is 0. The summed E-state index contributed by atoms with van der Waals surface area (Å²) in [6.45, 7) is 4.55. The Morgan fingerprint density at radius 3 is 2.58 bits per heavy atom. The summed E-state index contributed by atoms with van der Waals surface area (Å²) >= 11 is 0. The van der Waals surface area contributed by atoms with E-state index >= 15 is 0 Å². The van der Waals surface area contributed by atoms with Gasteiger partial charge in [0.25, 0.3) is 5.91 Å². The van der Waals surface area contributed by atoms with Crippen LogP contribution in [0.5, 0.6) is 0 Å². The summed E-state index contributed by atoms with van der Waals surface area (Å²) in [5, 5.41) is 2.86. The number of carbonyl (C=O) groups is 1. The van der Waals surface area contributed by atoms with Crippen LogP contribution < -0.4 is 5.32 Å². The fourth-order valence-corrected chi connectivity index (χ4v) is 2.77. The number of nitrogens with one attached hydrogen (secondary N) is 1. The molecule has 2 aromatic rings. The summed E-state index contributed by atoms with van der Waals surface area (Å²) in [5.41, 5.74) is 1.93. The van der Waals surface area contributed by atoms with Crippen molar-refractivity contribution in [3.63, 3.8) is 0 Å². The zero-order valence-corrected chi connectivity index (χ0v) is 13.5. The van der Waals surface area contributed by atoms with Gasteiger partial charge in [-0.3, -0.25) is 9.69 Å². The van der Waals surface area contributed by atoms with Crippen molar-refractivity contribution in [2.45, 2.75) is 0 Å². The Morgan fingerprint density at radius 1 is 1.08 bits per heavy atom. The minimum atomic E-state index is -0.408. The molecule has 0 atom stereocenters. The minimum absolute atomic E-state index is 0.250. The minimum Gasteiger partial charge on any atom is -0.379 e. The van der Waals surface area contributed by atoms with E-state index in [1.165, 1.54) is 12.1 Å². The van der Waals surface area contributed by atoms with Gasteiger partial charge in [-0.2, -0.15) is 0 Å². The van der Waals surface area contributed by atoms with Gasteiger partial charge >= 0.3 is 0 Å². The van der Waals surface area contributed by atoms with Gasteiger partial charge in [-0.15, -0.1) is 0 Å². The maximum Gasteiger partial charge on any atom is 0.251 e. The predicted octanol–water partition coefficient (Wildman–Crippen LogP) is 2.55. The monoisotopic (exact) mass is 328 g/mol. The van der Waals surface area contributed by atoms with Gasteiger partial charge < -0.3 is 10.1 Å². The fourth-order valence-electron chi connectivity index (χ4n) is 2.77. The number of nitrogens with zero attached hydrogens (tertiary/aromatic N) is 1. The van der Waals surface area contributed by atoms with Gasteiger partial charge in [-0.25, -0.2) is 4.39 Å². The highest BCUT2D eigenvalue weighted by Gasteiger charge is 2.12. The van der Waals surface area contributed by atoms with Gasteiger partial charge in [0.15, 0.2) is 0 Å². The Bertz CT molecular complexity index is 685. The van der Waals surface area contributed by atoms with E-state index in [-0.39, 0.29) is 5.91 Å². The molecule has 1 saturated heterocycles. The molecule has 24 heavy (non-hydrogen) atoms. The molecule has 1 aliphatic rings. The molecule has 0 saturated carbocycles. The van der Waals surface area contributed by atoms with Crippen LogP contribution >= 0.6 is 0 Å². The lowest BCUT2D eigenvalue weighted by Gasteiger charge is -2.26. The lowest BCUT2D eigenvalue weighted by Crippen LogP contribution is -2.41. The number of rotatable bonds is 5. The van der Waals surface area contributed by atoms with Crippen LogP contribution in [0.25, 0.3) is 11.1 Å². The Hall–Kier alpha value is -2.24. The highest BCUT2D eigenvalue weighted by Crippen LogP contribution is 2.21. The van der Waals surface area contributed by atoms with E-state index in [0.717, 1.165) is 38.4 Å². The molecule has 1 amide bonds. The van der Waals surface area contributed by atoms with Gasteiger partial charge in [0, 0.05) is 31.7 Å². The van der Waals surface area contributed by atoms with E-state index in [0.29, 0.717) is 17.7 Å². The van der Waals surface area contributed by atoms with Crippen LogP contribution in [0.4, 0.5) is 4.39 Å². The highest BCUT2D eigenvalue weighted by atomic mass is 19.1. The second-order valence-electron chi connectivity index (χ2n) is 5.80. The van der Waals surface area contributed by atoms with E-state index in [9.17, 15) is 9.18 Å². The molecule has 4 nitrogen and oxygen atoms in total. The van der Waals surface area contributed by atoms with Gasteiger partial charge in [-0.1, -0.05) is 30.3 Å². The third-order valence-electron chi connectivity index (χ3n) is 4.08. The van der Waals surface area contributed by atoms with Crippen LogP contribution in [0.1, 0.15) is 10.4 Å². The molecule has 1 N–H and O–H groups in total. The first-order chi connectivity index (χ1) is 11.7. The number of morpholine rings is 1. The zero-order chi connectivity index (χ0) is 16.8. The summed E-state index contributed by atoms with van der Waals surface area (Å²) in [7, 11) is 0. The first kappa shape index (κ1) is 16.6. The number of carbonyl (C=O) groups excluding carboxylic acids is 1. The third-order valence-corrected chi connectivity index (χ3v) is 4.08. The van der Waals surface area contributed by atoms with Gasteiger partial charge in [0.1, 0.15) is 5.82 Å². The van der Waals surface area contributed by atoms with Gasteiger partial charge in [-0.05, 0) is 29.3 Å². The van der Waals surface area contributed by atoms with Crippen molar-refractivity contribution in [1.29, 1.82) is 0 Å². The summed E-state index contributed by atoms with van der Waals surface area (Å²) in [5.74, 6) is -0.658. The van der Waals surface area contributed by atoms with Crippen LogP contribution in [0, 0.1) is 5.82 Å². The van der Waals surface area contributed by atoms with Crippen LogP contribution in [-0.4, -0.2) is 50.2 Å². The first-order valence-corrected chi connectivity index (χ1v) is 8.17. The second kappa shape index (κ2) is 8.04. The molecule has 1 aliphatic heterocycles. The van der Waals surface area contributed by atoms with Crippen LogP contribution in [0.3, 0.4) is 0 Å². The molecule has 1 heterocycles. The Kier molecular flexibility index (Phi) is 5.56. The SMILES string of the molecule is O=C(NCCN1CCOCC1)c1cc(F)cc(-c2ccccc2)c1. The van der Waals surface area contributed by atoms with E-state index in [2.05, 4.69) is 10.2 Å². The second-order valence-corrected chi connectivity index (χ2v) is 5.80. The number of hydrogen-bond donors (Lipinski definition) is 1. The normalized spacial score (nSPS) is 15.2. The van der Waals surface area contributed by atoms with Gasteiger partial charge in [0.2, 0.25) is 0 Å². The van der Waals surface area contributed by atoms with Crippen molar-refractivity contribution >= 4 is 5.91 Å². The molecule has 1 fully saturated rings. The Labute approximate surface area is 141 Å². The largest absolute Gasteiger partial charge is 0.379 e.